The van der Waals surface area contributed by atoms with E-state index in [-0.39, 0.29) is 6.04 Å². The standard InChI is InChI=1S/C10H11Br2N3OS/c1-15-9(6(16-2)4-14-15)8(13)5-3-7(11)17-10(5)12/h3-4,8H,13H2,1-2H3. The SMILES string of the molecule is COc1cnn(C)c1C(N)c1cc(Br)sc1Br. The second-order valence-corrected chi connectivity index (χ2v) is 7.23. The van der Waals surface area contributed by atoms with Crippen LogP contribution in [-0.2, 0) is 7.05 Å². The van der Waals surface area contributed by atoms with Crippen molar-refractivity contribution in [2.45, 2.75) is 6.04 Å². The summed E-state index contributed by atoms with van der Waals surface area (Å²) in [5.41, 5.74) is 8.14. The number of nitrogens with zero attached hydrogens (tertiary/aromatic N) is 2. The van der Waals surface area contributed by atoms with E-state index >= 15 is 0 Å². The number of aromatic nitrogens is 2. The average molecular weight is 381 g/mol. The monoisotopic (exact) mass is 379 g/mol. The van der Waals surface area contributed by atoms with Gasteiger partial charge in [0.15, 0.2) is 5.75 Å². The highest BCUT2D eigenvalue weighted by Gasteiger charge is 2.22. The van der Waals surface area contributed by atoms with E-state index in [1.165, 1.54) is 0 Å². The molecule has 0 aliphatic rings. The molecule has 0 fully saturated rings. The Morgan fingerprint density at radius 2 is 2.24 bits per heavy atom. The van der Waals surface area contributed by atoms with Gasteiger partial charge in [-0.2, -0.15) is 5.10 Å². The molecule has 0 aliphatic carbocycles. The summed E-state index contributed by atoms with van der Waals surface area (Å²) in [5.74, 6) is 0.703. The molecule has 17 heavy (non-hydrogen) atoms. The van der Waals surface area contributed by atoms with Gasteiger partial charge in [-0.05, 0) is 37.9 Å². The van der Waals surface area contributed by atoms with Gasteiger partial charge in [0.1, 0.15) is 5.69 Å². The van der Waals surface area contributed by atoms with Gasteiger partial charge < -0.3 is 10.5 Å². The minimum atomic E-state index is -0.269. The van der Waals surface area contributed by atoms with Gasteiger partial charge in [0.05, 0.1) is 26.9 Å². The Morgan fingerprint density at radius 1 is 1.53 bits per heavy atom. The number of hydrogen-bond donors (Lipinski definition) is 1. The van der Waals surface area contributed by atoms with E-state index in [1.54, 1.807) is 29.3 Å². The molecule has 2 rings (SSSR count). The molecule has 2 N–H and O–H groups in total. The highest BCUT2D eigenvalue weighted by Crippen LogP contribution is 2.38. The van der Waals surface area contributed by atoms with Crippen LogP contribution in [0, 0.1) is 0 Å². The second-order valence-electron chi connectivity index (χ2n) is 3.48. The first kappa shape index (κ1) is 13.1. The van der Waals surface area contributed by atoms with Gasteiger partial charge in [-0.15, -0.1) is 11.3 Å². The molecule has 2 aromatic rings. The molecule has 4 nitrogen and oxygen atoms in total. The topological polar surface area (TPSA) is 53.1 Å². The van der Waals surface area contributed by atoms with Crippen molar-refractivity contribution in [3.8, 4) is 5.75 Å². The number of aryl methyl sites for hydroxylation is 1. The molecule has 0 bridgehead atoms. The lowest BCUT2D eigenvalue weighted by Gasteiger charge is -2.13. The predicted molar refractivity (Wildman–Crippen MR) is 75.5 cm³/mol. The second kappa shape index (κ2) is 5.09. The molecule has 92 valence electrons. The molecule has 0 radical (unpaired) electrons. The number of hydrogen-bond acceptors (Lipinski definition) is 4. The van der Waals surface area contributed by atoms with Crippen molar-refractivity contribution in [3.63, 3.8) is 0 Å². The van der Waals surface area contributed by atoms with E-state index in [1.807, 2.05) is 13.1 Å². The van der Waals surface area contributed by atoms with Gasteiger partial charge in [0.2, 0.25) is 0 Å². The summed E-state index contributed by atoms with van der Waals surface area (Å²) in [7, 11) is 3.47. The Kier molecular flexibility index (Phi) is 3.92. The summed E-state index contributed by atoms with van der Waals surface area (Å²) in [6.07, 6.45) is 1.67. The Morgan fingerprint density at radius 3 is 2.76 bits per heavy atom. The summed E-state index contributed by atoms with van der Waals surface area (Å²) in [6.45, 7) is 0. The van der Waals surface area contributed by atoms with Gasteiger partial charge in [-0.3, -0.25) is 4.68 Å². The highest BCUT2D eigenvalue weighted by molar-refractivity contribution is 9.12. The third kappa shape index (κ3) is 2.42. The van der Waals surface area contributed by atoms with Crippen LogP contribution in [0.25, 0.3) is 0 Å². The lowest BCUT2D eigenvalue weighted by molar-refractivity contribution is 0.406. The zero-order valence-corrected chi connectivity index (χ0v) is 13.3. The Bertz CT molecular complexity index is 538. The van der Waals surface area contributed by atoms with Crippen LogP contribution < -0.4 is 10.5 Å². The van der Waals surface area contributed by atoms with E-state index < -0.39 is 0 Å². The molecule has 0 aliphatic heterocycles. The fourth-order valence-electron chi connectivity index (χ4n) is 1.65. The molecule has 0 saturated heterocycles. The Labute approximate surface area is 120 Å². The average Bonchev–Trinajstić information content (AvgIpc) is 2.80. The van der Waals surface area contributed by atoms with Crippen molar-refractivity contribution in [1.82, 2.24) is 9.78 Å². The Hall–Kier alpha value is -0.370. The lowest BCUT2D eigenvalue weighted by atomic mass is 10.1. The maximum absolute atomic E-state index is 6.27. The van der Waals surface area contributed by atoms with Crippen molar-refractivity contribution in [2.24, 2.45) is 12.8 Å². The van der Waals surface area contributed by atoms with Crippen LogP contribution in [0.3, 0.4) is 0 Å². The third-order valence-electron chi connectivity index (χ3n) is 2.48. The van der Waals surface area contributed by atoms with Crippen molar-refractivity contribution in [2.75, 3.05) is 7.11 Å². The number of thiophene rings is 1. The maximum atomic E-state index is 6.27. The van der Waals surface area contributed by atoms with Crippen LogP contribution in [-0.4, -0.2) is 16.9 Å². The minimum Gasteiger partial charge on any atom is -0.493 e. The molecule has 0 saturated carbocycles. The van der Waals surface area contributed by atoms with Crippen LogP contribution >= 0.6 is 43.2 Å². The van der Waals surface area contributed by atoms with E-state index in [0.717, 1.165) is 18.8 Å². The quantitative estimate of drug-likeness (QED) is 0.890. The van der Waals surface area contributed by atoms with E-state index in [4.69, 9.17) is 10.5 Å². The van der Waals surface area contributed by atoms with E-state index in [0.29, 0.717) is 5.75 Å². The smallest absolute Gasteiger partial charge is 0.161 e. The molecule has 7 heteroatoms. The van der Waals surface area contributed by atoms with Crippen LogP contribution in [0.15, 0.2) is 19.8 Å². The number of rotatable bonds is 3. The van der Waals surface area contributed by atoms with Crippen LogP contribution in [0.4, 0.5) is 0 Å². The molecule has 2 aromatic heterocycles. The number of nitrogens with two attached hydrogens (primary N) is 1. The zero-order chi connectivity index (χ0) is 12.6. The maximum Gasteiger partial charge on any atom is 0.161 e. The first-order valence-electron chi connectivity index (χ1n) is 4.80. The first-order chi connectivity index (χ1) is 8.04. The molecule has 2 heterocycles. The predicted octanol–water partition coefficient (Wildman–Crippen LogP) is 3.06. The number of methoxy groups -OCH3 is 1. The molecule has 1 atom stereocenters. The summed E-state index contributed by atoms with van der Waals surface area (Å²) in [4.78, 5) is 0. The molecule has 1 unspecified atom stereocenters. The Balaban J connectivity index is 2.46. The van der Waals surface area contributed by atoms with Crippen LogP contribution in [0.2, 0.25) is 0 Å². The number of halogens is 2. The molecule has 0 amide bonds. The summed E-state index contributed by atoms with van der Waals surface area (Å²) < 4.78 is 9.06. The fraction of sp³-hybridized carbons (Fsp3) is 0.300. The summed E-state index contributed by atoms with van der Waals surface area (Å²) >= 11 is 8.56. The van der Waals surface area contributed by atoms with Crippen molar-refractivity contribution in [3.05, 3.63) is 31.1 Å². The van der Waals surface area contributed by atoms with Gasteiger partial charge in [-0.1, -0.05) is 0 Å². The summed E-state index contributed by atoms with van der Waals surface area (Å²) in [5, 5.41) is 4.16. The van der Waals surface area contributed by atoms with E-state index in [2.05, 4.69) is 37.0 Å². The fourth-order valence-corrected chi connectivity index (χ4v) is 4.58. The number of ether oxygens (including phenoxy) is 1. The van der Waals surface area contributed by atoms with Gasteiger partial charge in [0, 0.05) is 12.6 Å². The zero-order valence-electron chi connectivity index (χ0n) is 9.28. The van der Waals surface area contributed by atoms with Gasteiger partial charge >= 0.3 is 0 Å². The van der Waals surface area contributed by atoms with Crippen LogP contribution in [0.5, 0.6) is 5.75 Å². The third-order valence-corrected chi connectivity index (χ3v) is 4.87. The van der Waals surface area contributed by atoms with E-state index in [9.17, 15) is 0 Å². The lowest BCUT2D eigenvalue weighted by Crippen LogP contribution is -2.16. The molecular weight excluding hydrogens is 370 g/mol. The van der Waals surface area contributed by atoms with Crippen molar-refractivity contribution < 1.29 is 4.74 Å². The largest absolute Gasteiger partial charge is 0.493 e. The van der Waals surface area contributed by atoms with Crippen LogP contribution in [0.1, 0.15) is 17.3 Å². The van der Waals surface area contributed by atoms with Gasteiger partial charge in [0.25, 0.3) is 0 Å². The first-order valence-corrected chi connectivity index (χ1v) is 7.21. The minimum absolute atomic E-state index is 0.269. The molecule has 0 aromatic carbocycles. The van der Waals surface area contributed by atoms with Crippen molar-refractivity contribution in [1.29, 1.82) is 0 Å². The summed E-state index contributed by atoms with van der Waals surface area (Å²) in [6, 6.07) is 1.74. The van der Waals surface area contributed by atoms with Gasteiger partial charge in [-0.25, -0.2) is 0 Å². The molecular formula is C10H11Br2N3OS. The van der Waals surface area contributed by atoms with Crippen molar-refractivity contribution >= 4 is 43.2 Å². The molecule has 0 spiro atoms. The highest BCUT2D eigenvalue weighted by atomic mass is 79.9. The normalized spacial score (nSPS) is 12.8.